The standard InChI is InChI=1S/C13H17N3O/c1-11-9-16(15-13(11)14)7-8-17-10-12-5-3-2-4-6-12/h2-6,9H,7-8,10H2,1H3,(H2,14,15). The molecule has 4 nitrogen and oxygen atoms in total. The molecule has 1 aromatic carbocycles. The number of aromatic nitrogens is 2. The normalized spacial score (nSPS) is 10.6. The maximum atomic E-state index is 5.66. The van der Waals surface area contributed by atoms with E-state index in [0.29, 0.717) is 19.0 Å². The Labute approximate surface area is 101 Å². The minimum absolute atomic E-state index is 0.591. The number of nitrogens with zero attached hydrogens (tertiary/aromatic N) is 2. The fraction of sp³-hybridized carbons (Fsp3) is 0.308. The Morgan fingerprint density at radius 1 is 1.29 bits per heavy atom. The van der Waals surface area contributed by atoms with Crippen LogP contribution < -0.4 is 5.73 Å². The van der Waals surface area contributed by atoms with Crippen LogP contribution in [0, 0.1) is 6.92 Å². The van der Waals surface area contributed by atoms with E-state index in [0.717, 1.165) is 12.1 Å². The number of benzene rings is 1. The van der Waals surface area contributed by atoms with E-state index in [4.69, 9.17) is 10.5 Å². The van der Waals surface area contributed by atoms with Gasteiger partial charge in [-0.1, -0.05) is 30.3 Å². The number of ether oxygens (including phenoxy) is 1. The maximum Gasteiger partial charge on any atom is 0.148 e. The van der Waals surface area contributed by atoms with Gasteiger partial charge in [0.2, 0.25) is 0 Å². The molecule has 0 spiro atoms. The molecule has 2 rings (SSSR count). The number of hydrogen-bond acceptors (Lipinski definition) is 3. The maximum absolute atomic E-state index is 5.66. The van der Waals surface area contributed by atoms with Crippen LogP contribution in [0.15, 0.2) is 36.5 Å². The number of aryl methyl sites for hydroxylation is 1. The van der Waals surface area contributed by atoms with Crippen LogP contribution in [0.1, 0.15) is 11.1 Å². The lowest BCUT2D eigenvalue weighted by Crippen LogP contribution is -2.06. The Hall–Kier alpha value is -1.81. The summed E-state index contributed by atoms with van der Waals surface area (Å²) in [6, 6.07) is 10.1. The van der Waals surface area contributed by atoms with Crippen molar-refractivity contribution in [2.24, 2.45) is 0 Å². The van der Waals surface area contributed by atoms with Gasteiger partial charge in [0, 0.05) is 11.8 Å². The molecule has 2 aromatic rings. The molecular formula is C13H17N3O. The molecule has 0 radical (unpaired) electrons. The Bertz CT molecular complexity index is 445. The summed E-state index contributed by atoms with van der Waals surface area (Å²) in [5.74, 6) is 0.591. The van der Waals surface area contributed by atoms with E-state index in [1.165, 1.54) is 5.56 Å². The highest BCUT2D eigenvalue weighted by atomic mass is 16.5. The molecule has 0 aliphatic rings. The third kappa shape index (κ3) is 3.32. The molecule has 1 aromatic heterocycles. The van der Waals surface area contributed by atoms with Gasteiger partial charge in [-0.3, -0.25) is 4.68 Å². The number of anilines is 1. The van der Waals surface area contributed by atoms with Crippen LogP contribution in [0.25, 0.3) is 0 Å². The second-order valence-corrected chi connectivity index (χ2v) is 4.00. The molecule has 2 N–H and O–H groups in total. The van der Waals surface area contributed by atoms with Crippen LogP contribution >= 0.6 is 0 Å². The summed E-state index contributed by atoms with van der Waals surface area (Å²) in [6.07, 6.45) is 1.93. The Kier molecular flexibility index (Phi) is 3.77. The molecule has 0 atom stereocenters. The van der Waals surface area contributed by atoms with Gasteiger partial charge in [-0.05, 0) is 12.5 Å². The van der Waals surface area contributed by atoms with Gasteiger partial charge in [0.1, 0.15) is 5.82 Å². The van der Waals surface area contributed by atoms with Crippen LogP contribution in [0.3, 0.4) is 0 Å². The third-order valence-corrected chi connectivity index (χ3v) is 2.56. The van der Waals surface area contributed by atoms with Crippen molar-refractivity contribution in [3.8, 4) is 0 Å². The zero-order chi connectivity index (χ0) is 12.1. The molecule has 0 fully saturated rings. The van der Waals surface area contributed by atoms with E-state index in [1.54, 1.807) is 0 Å². The first kappa shape index (κ1) is 11.7. The van der Waals surface area contributed by atoms with E-state index < -0.39 is 0 Å². The largest absolute Gasteiger partial charge is 0.382 e. The summed E-state index contributed by atoms with van der Waals surface area (Å²) < 4.78 is 7.39. The highest BCUT2D eigenvalue weighted by Crippen LogP contribution is 2.06. The smallest absolute Gasteiger partial charge is 0.148 e. The molecule has 1 heterocycles. The van der Waals surface area contributed by atoms with Crippen LogP contribution in [0.4, 0.5) is 5.82 Å². The average molecular weight is 231 g/mol. The van der Waals surface area contributed by atoms with E-state index in [9.17, 15) is 0 Å². The molecule has 0 aliphatic heterocycles. The van der Waals surface area contributed by atoms with Gasteiger partial charge in [-0.15, -0.1) is 0 Å². The van der Waals surface area contributed by atoms with Crippen LogP contribution in [-0.4, -0.2) is 16.4 Å². The van der Waals surface area contributed by atoms with Gasteiger partial charge < -0.3 is 10.5 Å². The second kappa shape index (κ2) is 5.50. The minimum Gasteiger partial charge on any atom is -0.382 e. The number of nitrogen functional groups attached to an aromatic ring is 1. The Morgan fingerprint density at radius 2 is 2.06 bits per heavy atom. The SMILES string of the molecule is Cc1cn(CCOCc2ccccc2)nc1N. The highest BCUT2D eigenvalue weighted by molar-refractivity contribution is 5.35. The number of rotatable bonds is 5. The first-order chi connectivity index (χ1) is 8.25. The molecular weight excluding hydrogens is 214 g/mol. The summed E-state index contributed by atoms with van der Waals surface area (Å²) in [5, 5.41) is 4.17. The van der Waals surface area contributed by atoms with Crippen LogP contribution in [-0.2, 0) is 17.9 Å². The lowest BCUT2D eigenvalue weighted by Gasteiger charge is -2.04. The Balaban J connectivity index is 1.73. The molecule has 0 amide bonds. The molecule has 17 heavy (non-hydrogen) atoms. The summed E-state index contributed by atoms with van der Waals surface area (Å²) >= 11 is 0. The van der Waals surface area contributed by atoms with Crippen LogP contribution in [0.2, 0.25) is 0 Å². The summed E-state index contributed by atoms with van der Waals surface area (Å²) in [4.78, 5) is 0. The quantitative estimate of drug-likeness (QED) is 0.801. The zero-order valence-corrected chi connectivity index (χ0v) is 9.97. The molecule has 0 bridgehead atoms. The fourth-order valence-electron chi connectivity index (χ4n) is 1.57. The topological polar surface area (TPSA) is 53.1 Å². The predicted molar refractivity (Wildman–Crippen MR) is 67.5 cm³/mol. The van der Waals surface area contributed by atoms with Crippen molar-refractivity contribution >= 4 is 5.82 Å². The van der Waals surface area contributed by atoms with Gasteiger partial charge >= 0.3 is 0 Å². The summed E-state index contributed by atoms with van der Waals surface area (Å²) in [5.41, 5.74) is 7.85. The van der Waals surface area contributed by atoms with Gasteiger partial charge in [0.15, 0.2) is 0 Å². The number of nitrogens with two attached hydrogens (primary N) is 1. The van der Waals surface area contributed by atoms with E-state index in [2.05, 4.69) is 17.2 Å². The van der Waals surface area contributed by atoms with Crippen molar-refractivity contribution in [2.45, 2.75) is 20.1 Å². The first-order valence-corrected chi connectivity index (χ1v) is 5.67. The van der Waals surface area contributed by atoms with Gasteiger partial charge in [-0.25, -0.2) is 0 Å². The predicted octanol–water partition coefficient (Wildman–Crippen LogP) is 1.99. The lowest BCUT2D eigenvalue weighted by atomic mass is 10.2. The zero-order valence-electron chi connectivity index (χ0n) is 9.97. The molecule has 90 valence electrons. The minimum atomic E-state index is 0.591. The highest BCUT2D eigenvalue weighted by Gasteiger charge is 2.00. The van der Waals surface area contributed by atoms with E-state index in [-0.39, 0.29) is 0 Å². The number of hydrogen-bond donors (Lipinski definition) is 1. The average Bonchev–Trinajstić information content (AvgIpc) is 2.66. The lowest BCUT2D eigenvalue weighted by molar-refractivity contribution is 0.111. The second-order valence-electron chi connectivity index (χ2n) is 4.00. The van der Waals surface area contributed by atoms with Crippen molar-refractivity contribution in [1.82, 2.24) is 9.78 Å². The molecule has 0 unspecified atom stereocenters. The summed E-state index contributed by atoms with van der Waals surface area (Å²) in [6.45, 7) is 3.95. The molecule has 4 heteroatoms. The third-order valence-electron chi connectivity index (χ3n) is 2.56. The van der Waals surface area contributed by atoms with Crippen molar-refractivity contribution in [1.29, 1.82) is 0 Å². The van der Waals surface area contributed by atoms with Crippen molar-refractivity contribution < 1.29 is 4.74 Å². The fourth-order valence-corrected chi connectivity index (χ4v) is 1.57. The first-order valence-electron chi connectivity index (χ1n) is 5.67. The molecule has 0 aliphatic carbocycles. The summed E-state index contributed by atoms with van der Waals surface area (Å²) in [7, 11) is 0. The van der Waals surface area contributed by atoms with Gasteiger partial charge in [0.05, 0.1) is 19.8 Å². The van der Waals surface area contributed by atoms with E-state index >= 15 is 0 Å². The van der Waals surface area contributed by atoms with Gasteiger partial charge in [0.25, 0.3) is 0 Å². The molecule has 0 saturated heterocycles. The monoisotopic (exact) mass is 231 g/mol. The van der Waals surface area contributed by atoms with Crippen molar-refractivity contribution in [2.75, 3.05) is 12.3 Å². The van der Waals surface area contributed by atoms with Crippen LogP contribution in [0.5, 0.6) is 0 Å². The van der Waals surface area contributed by atoms with Crippen molar-refractivity contribution in [3.63, 3.8) is 0 Å². The van der Waals surface area contributed by atoms with E-state index in [1.807, 2.05) is 36.0 Å². The van der Waals surface area contributed by atoms with Crippen molar-refractivity contribution in [3.05, 3.63) is 47.7 Å². The Morgan fingerprint density at radius 3 is 2.71 bits per heavy atom. The molecule has 0 saturated carbocycles. The van der Waals surface area contributed by atoms with Gasteiger partial charge in [-0.2, -0.15) is 5.10 Å².